The van der Waals surface area contributed by atoms with Crippen molar-refractivity contribution in [3.63, 3.8) is 0 Å². The molecule has 0 unspecified atom stereocenters. The number of rotatable bonds is 2. The summed E-state index contributed by atoms with van der Waals surface area (Å²) >= 11 is 5.70. The molecule has 2 rings (SSSR count). The quantitative estimate of drug-likeness (QED) is 0.887. The van der Waals surface area contributed by atoms with Crippen LogP contribution in [-0.4, -0.2) is 0 Å². The first-order valence-corrected chi connectivity index (χ1v) is 5.49. The SMILES string of the molecule is N#Cc1cc(F)cc(Nc2c(F)cc(F)cc2Cl)c1. The molecule has 6 heteroatoms. The largest absolute Gasteiger partial charge is 0.352 e. The standard InChI is InChI=1S/C13H6ClF3N2/c14-11-4-9(16)5-12(17)13(11)19-10-2-7(6-18)1-8(15)3-10/h1-5,19H. The van der Waals surface area contributed by atoms with Gasteiger partial charge in [0.05, 0.1) is 22.3 Å². The first kappa shape index (κ1) is 13.2. The van der Waals surface area contributed by atoms with Crippen LogP contribution in [0.25, 0.3) is 0 Å². The first-order chi connectivity index (χ1) is 8.99. The summed E-state index contributed by atoms with van der Waals surface area (Å²) in [6.45, 7) is 0. The van der Waals surface area contributed by atoms with Crippen LogP contribution < -0.4 is 5.32 Å². The zero-order chi connectivity index (χ0) is 14.0. The normalized spacial score (nSPS) is 10.1. The summed E-state index contributed by atoms with van der Waals surface area (Å²) in [5.74, 6) is -2.38. The summed E-state index contributed by atoms with van der Waals surface area (Å²) in [6, 6.07) is 6.77. The molecule has 19 heavy (non-hydrogen) atoms. The van der Waals surface area contributed by atoms with E-state index < -0.39 is 17.5 Å². The van der Waals surface area contributed by atoms with Gasteiger partial charge < -0.3 is 5.32 Å². The van der Waals surface area contributed by atoms with Crippen LogP contribution in [0, 0.1) is 28.8 Å². The molecular weight excluding hydrogens is 277 g/mol. The monoisotopic (exact) mass is 282 g/mol. The van der Waals surface area contributed by atoms with Gasteiger partial charge in [-0.2, -0.15) is 5.26 Å². The van der Waals surface area contributed by atoms with E-state index in [0.717, 1.165) is 18.2 Å². The van der Waals surface area contributed by atoms with Crippen LogP contribution in [0.2, 0.25) is 5.02 Å². The third-order valence-corrected chi connectivity index (χ3v) is 2.60. The maximum atomic E-state index is 13.5. The lowest BCUT2D eigenvalue weighted by Gasteiger charge is -2.10. The van der Waals surface area contributed by atoms with Crippen LogP contribution >= 0.6 is 11.6 Å². The maximum Gasteiger partial charge on any atom is 0.151 e. The van der Waals surface area contributed by atoms with Crippen LogP contribution in [0.3, 0.4) is 0 Å². The molecule has 0 saturated heterocycles. The highest BCUT2D eigenvalue weighted by Gasteiger charge is 2.11. The summed E-state index contributed by atoms with van der Waals surface area (Å²) in [4.78, 5) is 0. The van der Waals surface area contributed by atoms with Crippen molar-refractivity contribution in [3.8, 4) is 6.07 Å². The Bertz CT molecular complexity index is 657. The molecule has 0 bridgehead atoms. The second-order valence-corrected chi connectivity index (χ2v) is 4.12. The minimum Gasteiger partial charge on any atom is -0.352 e. The highest BCUT2D eigenvalue weighted by atomic mass is 35.5. The van der Waals surface area contributed by atoms with Gasteiger partial charge in [-0.25, -0.2) is 13.2 Å². The first-order valence-electron chi connectivity index (χ1n) is 5.12. The molecule has 0 aliphatic rings. The van der Waals surface area contributed by atoms with Gasteiger partial charge in [-0.1, -0.05) is 11.6 Å². The number of hydrogen-bond acceptors (Lipinski definition) is 2. The van der Waals surface area contributed by atoms with E-state index in [2.05, 4.69) is 5.32 Å². The Morgan fingerprint density at radius 2 is 1.68 bits per heavy atom. The van der Waals surface area contributed by atoms with Crippen molar-refractivity contribution in [2.24, 2.45) is 0 Å². The van der Waals surface area contributed by atoms with Crippen molar-refractivity contribution >= 4 is 23.0 Å². The number of anilines is 2. The maximum absolute atomic E-state index is 13.5. The van der Waals surface area contributed by atoms with E-state index in [9.17, 15) is 13.2 Å². The molecule has 0 heterocycles. The molecular formula is C13H6ClF3N2. The fourth-order valence-electron chi connectivity index (χ4n) is 1.53. The average molecular weight is 283 g/mol. The lowest BCUT2D eigenvalue weighted by atomic mass is 10.2. The minimum absolute atomic E-state index is 0.0705. The number of benzene rings is 2. The summed E-state index contributed by atoms with van der Waals surface area (Å²) in [7, 11) is 0. The predicted molar refractivity (Wildman–Crippen MR) is 65.8 cm³/mol. The molecule has 96 valence electrons. The molecule has 0 aliphatic heterocycles. The highest BCUT2D eigenvalue weighted by molar-refractivity contribution is 6.33. The number of nitriles is 1. The Hall–Kier alpha value is -2.19. The lowest BCUT2D eigenvalue weighted by Crippen LogP contribution is -1.97. The van der Waals surface area contributed by atoms with Crippen molar-refractivity contribution in [1.82, 2.24) is 0 Å². The molecule has 2 nitrogen and oxygen atoms in total. The van der Waals surface area contributed by atoms with Crippen molar-refractivity contribution in [2.75, 3.05) is 5.32 Å². The number of nitrogens with one attached hydrogen (secondary N) is 1. The lowest BCUT2D eigenvalue weighted by molar-refractivity contribution is 0.586. The number of nitrogens with zero attached hydrogens (tertiary/aromatic N) is 1. The second kappa shape index (κ2) is 5.21. The van der Waals surface area contributed by atoms with Crippen molar-refractivity contribution in [1.29, 1.82) is 5.26 Å². The van der Waals surface area contributed by atoms with Gasteiger partial charge in [-0.05, 0) is 24.3 Å². The van der Waals surface area contributed by atoms with E-state index in [1.54, 1.807) is 6.07 Å². The molecule has 0 amide bonds. The zero-order valence-electron chi connectivity index (χ0n) is 9.35. The minimum atomic E-state index is -0.909. The van der Waals surface area contributed by atoms with Gasteiger partial charge in [0.1, 0.15) is 11.6 Å². The van der Waals surface area contributed by atoms with Gasteiger partial charge in [-0.15, -0.1) is 0 Å². The summed E-state index contributed by atoms with van der Waals surface area (Å²) < 4.78 is 39.6. The van der Waals surface area contributed by atoms with Gasteiger partial charge >= 0.3 is 0 Å². The third kappa shape index (κ3) is 2.98. The Balaban J connectivity index is 2.42. The Morgan fingerprint density at radius 3 is 2.32 bits per heavy atom. The van der Waals surface area contributed by atoms with Crippen molar-refractivity contribution in [2.45, 2.75) is 0 Å². The van der Waals surface area contributed by atoms with Crippen LogP contribution in [0.15, 0.2) is 30.3 Å². The van der Waals surface area contributed by atoms with Gasteiger partial charge in [0.25, 0.3) is 0 Å². The summed E-state index contributed by atoms with van der Waals surface area (Å²) in [6.07, 6.45) is 0. The van der Waals surface area contributed by atoms with E-state index in [1.807, 2.05) is 0 Å². The molecule has 0 saturated carbocycles. The van der Waals surface area contributed by atoms with Crippen molar-refractivity contribution < 1.29 is 13.2 Å². The predicted octanol–water partition coefficient (Wildman–Crippen LogP) is 4.37. The fourth-order valence-corrected chi connectivity index (χ4v) is 1.77. The molecule has 0 aliphatic carbocycles. The van der Waals surface area contributed by atoms with E-state index in [-0.39, 0.29) is 22.0 Å². The van der Waals surface area contributed by atoms with E-state index >= 15 is 0 Å². The van der Waals surface area contributed by atoms with Gasteiger partial charge in [0, 0.05) is 11.8 Å². The smallest absolute Gasteiger partial charge is 0.151 e. The number of halogens is 4. The summed E-state index contributed by atoms with van der Waals surface area (Å²) in [5.41, 5.74) is 0.0302. The molecule has 0 fully saturated rings. The van der Waals surface area contributed by atoms with Gasteiger partial charge in [0.2, 0.25) is 0 Å². The topological polar surface area (TPSA) is 35.8 Å². The molecule has 0 aromatic heterocycles. The Labute approximate surface area is 112 Å². The van der Waals surface area contributed by atoms with Crippen LogP contribution in [0.4, 0.5) is 24.5 Å². The fraction of sp³-hybridized carbons (Fsp3) is 0. The molecule has 0 atom stereocenters. The summed E-state index contributed by atoms with van der Waals surface area (Å²) in [5, 5.41) is 11.0. The number of hydrogen-bond donors (Lipinski definition) is 1. The molecule has 0 radical (unpaired) electrons. The Kier molecular flexibility index (Phi) is 3.63. The Morgan fingerprint density at radius 1 is 1.00 bits per heavy atom. The van der Waals surface area contributed by atoms with E-state index in [4.69, 9.17) is 16.9 Å². The van der Waals surface area contributed by atoms with Crippen LogP contribution in [-0.2, 0) is 0 Å². The van der Waals surface area contributed by atoms with Gasteiger partial charge in [-0.3, -0.25) is 0 Å². The van der Waals surface area contributed by atoms with E-state index in [1.165, 1.54) is 6.07 Å². The molecule has 2 aromatic rings. The molecule has 2 aromatic carbocycles. The van der Waals surface area contributed by atoms with Crippen LogP contribution in [0.5, 0.6) is 0 Å². The molecule has 0 spiro atoms. The highest BCUT2D eigenvalue weighted by Crippen LogP contribution is 2.29. The second-order valence-electron chi connectivity index (χ2n) is 3.71. The van der Waals surface area contributed by atoms with Crippen molar-refractivity contribution in [3.05, 3.63) is 58.4 Å². The van der Waals surface area contributed by atoms with Gasteiger partial charge in [0.15, 0.2) is 5.82 Å². The third-order valence-electron chi connectivity index (χ3n) is 2.30. The van der Waals surface area contributed by atoms with Crippen LogP contribution in [0.1, 0.15) is 5.56 Å². The zero-order valence-corrected chi connectivity index (χ0v) is 10.1. The average Bonchev–Trinajstić information content (AvgIpc) is 2.33. The van der Waals surface area contributed by atoms with E-state index in [0.29, 0.717) is 6.07 Å². The molecule has 1 N–H and O–H groups in total.